The Bertz CT molecular complexity index is 377. The number of carbonyl (C=O) groups is 1. The van der Waals surface area contributed by atoms with E-state index in [1.54, 1.807) is 6.92 Å². The maximum atomic E-state index is 11.0. The van der Waals surface area contributed by atoms with Crippen LogP contribution in [0.3, 0.4) is 0 Å². The summed E-state index contributed by atoms with van der Waals surface area (Å²) < 4.78 is 9.94. The smallest absolute Gasteiger partial charge is 0.332 e. The van der Waals surface area contributed by atoms with Gasteiger partial charge in [0.05, 0.1) is 13.2 Å². The van der Waals surface area contributed by atoms with Gasteiger partial charge in [-0.3, -0.25) is 0 Å². The molecule has 0 spiro atoms. The van der Waals surface area contributed by atoms with Gasteiger partial charge in [-0.2, -0.15) is 0 Å². The average molecular weight is 266 g/mol. The van der Waals surface area contributed by atoms with Crippen molar-refractivity contribution in [1.29, 1.82) is 0 Å². The highest BCUT2D eigenvalue weighted by molar-refractivity contribution is 5.70. The van der Waals surface area contributed by atoms with Gasteiger partial charge in [0, 0.05) is 32.0 Å². The van der Waals surface area contributed by atoms with Crippen molar-refractivity contribution >= 4 is 17.3 Å². The normalized spacial score (nSPS) is 10.1. The zero-order valence-electron chi connectivity index (χ0n) is 11.8. The second-order valence-corrected chi connectivity index (χ2v) is 4.23. The lowest BCUT2D eigenvalue weighted by Gasteiger charge is -2.13. The third-order valence-electron chi connectivity index (χ3n) is 2.48. The molecule has 0 atom stereocenters. The number of rotatable bonds is 8. The van der Waals surface area contributed by atoms with Gasteiger partial charge in [-0.25, -0.2) is 4.79 Å². The third kappa shape index (κ3) is 6.10. The Kier molecular flexibility index (Phi) is 6.74. The number of nitrogens with zero attached hydrogens (tertiary/aromatic N) is 1. The van der Waals surface area contributed by atoms with E-state index in [-0.39, 0.29) is 12.6 Å². The Hall–Kier alpha value is -1.75. The minimum atomic E-state index is -0.321. The molecule has 0 aliphatic heterocycles. The third-order valence-corrected chi connectivity index (χ3v) is 2.48. The van der Waals surface area contributed by atoms with E-state index in [1.807, 2.05) is 43.3 Å². The highest BCUT2D eigenvalue weighted by Crippen LogP contribution is 2.15. The lowest BCUT2D eigenvalue weighted by Crippen LogP contribution is -2.16. The molecule has 5 heteroatoms. The molecule has 0 heterocycles. The number of benzene rings is 1. The molecule has 0 bridgehead atoms. The van der Waals surface area contributed by atoms with Crippen LogP contribution >= 0.6 is 0 Å². The Balaban J connectivity index is 2.17. The Morgan fingerprint density at radius 1 is 1.26 bits per heavy atom. The molecule has 0 aliphatic rings. The maximum absolute atomic E-state index is 11.0. The minimum absolute atomic E-state index is 0.00902. The van der Waals surface area contributed by atoms with Crippen LogP contribution in [0.4, 0.5) is 11.4 Å². The topological polar surface area (TPSA) is 50.8 Å². The summed E-state index contributed by atoms with van der Waals surface area (Å²) in [6, 6.07) is 8.12. The number of esters is 1. The van der Waals surface area contributed by atoms with Crippen molar-refractivity contribution in [2.24, 2.45) is 0 Å². The fraction of sp³-hybridized carbons (Fsp3) is 0.500. The van der Waals surface area contributed by atoms with E-state index in [2.05, 4.69) is 5.32 Å². The predicted molar refractivity (Wildman–Crippen MR) is 76.7 cm³/mol. The van der Waals surface area contributed by atoms with Crippen molar-refractivity contribution in [1.82, 2.24) is 0 Å². The molecular weight excluding hydrogens is 244 g/mol. The van der Waals surface area contributed by atoms with Gasteiger partial charge in [0.25, 0.3) is 0 Å². The first-order valence-corrected chi connectivity index (χ1v) is 6.38. The van der Waals surface area contributed by atoms with Gasteiger partial charge in [0.15, 0.2) is 0 Å². The summed E-state index contributed by atoms with van der Waals surface area (Å²) >= 11 is 0. The van der Waals surface area contributed by atoms with E-state index in [0.717, 1.165) is 11.4 Å². The molecule has 5 nitrogen and oxygen atoms in total. The van der Waals surface area contributed by atoms with Crippen LogP contribution < -0.4 is 10.2 Å². The molecule has 19 heavy (non-hydrogen) atoms. The Morgan fingerprint density at radius 2 is 1.95 bits per heavy atom. The van der Waals surface area contributed by atoms with Crippen molar-refractivity contribution in [3.05, 3.63) is 24.3 Å². The second-order valence-electron chi connectivity index (χ2n) is 4.23. The van der Waals surface area contributed by atoms with Crippen LogP contribution in [0, 0.1) is 0 Å². The summed E-state index contributed by atoms with van der Waals surface area (Å²) in [5.41, 5.74) is 2.19. The fourth-order valence-electron chi connectivity index (χ4n) is 1.50. The molecule has 0 saturated carbocycles. The molecule has 0 aromatic heterocycles. The maximum Gasteiger partial charge on any atom is 0.332 e. The fourth-order valence-corrected chi connectivity index (χ4v) is 1.50. The van der Waals surface area contributed by atoms with Crippen LogP contribution in [0.1, 0.15) is 6.92 Å². The number of nitrogens with one attached hydrogen (secondary N) is 1. The molecule has 106 valence electrons. The van der Waals surface area contributed by atoms with E-state index in [4.69, 9.17) is 9.47 Å². The van der Waals surface area contributed by atoms with Gasteiger partial charge in [-0.15, -0.1) is 0 Å². The summed E-state index contributed by atoms with van der Waals surface area (Å²) in [6.07, 6.45) is 0. The van der Waals surface area contributed by atoms with Crippen molar-refractivity contribution in [2.45, 2.75) is 6.92 Å². The number of ether oxygens (including phenoxy) is 2. The molecule has 0 amide bonds. The number of anilines is 2. The summed E-state index contributed by atoms with van der Waals surface area (Å²) in [5, 5.41) is 3.22. The van der Waals surface area contributed by atoms with Crippen molar-refractivity contribution in [3.8, 4) is 0 Å². The van der Waals surface area contributed by atoms with E-state index in [9.17, 15) is 4.79 Å². The van der Waals surface area contributed by atoms with Crippen LogP contribution in [-0.2, 0) is 14.3 Å². The zero-order chi connectivity index (χ0) is 14.1. The van der Waals surface area contributed by atoms with E-state index in [0.29, 0.717) is 19.8 Å². The number of carbonyl (C=O) groups excluding carboxylic acids is 1. The van der Waals surface area contributed by atoms with Gasteiger partial charge >= 0.3 is 5.97 Å². The molecule has 0 radical (unpaired) electrons. The Morgan fingerprint density at radius 3 is 2.53 bits per heavy atom. The highest BCUT2D eigenvalue weighted by atomic mass is 16.6. The molecule has 1 aromatic rings. The molecule has 0 fully saturated rings. The molecule has 0 unspecified atom stereocenters. The minimum Gasteiger partial charge on any atom is -0.464 e. The first-order chi connectivity index (χ1) is 9.13. The summed E-state index contributed by atoms with van der Waals surface area (Å²) in [4.78, 5) is 13.1. The van der Waals surface area contributed by atoms with Gasteiger partial charge in [0.1, 0.15) is 6.61 Å². The van der Waals surface area contributed by atoms with Crippen molar-refractivity contribution in [3.63, 3.8) is 0 Å². The predicted octanol–water partition coefficient (Wildman–Crippen LogP) is 1.74. The zero-order valence-corrected chi connectivity index (χ0v) is 11.8. The van der Waals surface area contributed by atoms with Gasteiger partial charge in [0.2, 0.25) is 0 Å². The Labute approximate surface area is 114 Å². The summed E-state index contributed by atoms with van der Waals surface area (Å²) in [6.45, 7) is 3.29. The highest BCUT2D eigenvalue weighted by Gasteiger charge is 2.00. The molecule has 1 N–H and O–H groups in total. The first kappa shape index (κ1) is 15.3. The van der Waals surface area contributed by atoms with Crippen molar-refractivity contribution in [2.75, 3.05) is 50.7 Å². The lowest BCUT2D eigenvalue weighted by molar-refractivity contribution is -0.148. The van der Waals surface area contributed by atoms with Crippen LogP contribution in [0.5, 0.6) is 0 Å². The van der Waals surface area contributed by atoms with Gasteiger partial charge in [-0.1, -0.05) is 0 Å². The van der Waals surface area contributed by atoms with Crippen LogP contribution in [-0.4, -0.2) is 46.4 Å². The lowest BCUT2D eigenvalue weighted by atomic mass is 10.2. The second kappa shape index (κ2) is 8.37. The molecule has 0 aliphatic carbocycles. The van der Waals surface area contributed by atoms with Gasteiger partial charge in [-0.05, 0) is 31.2 Å². The molecule has 0 saturated heterocycles. The SMILES string of the molecule is CCOC(=O)COCCNc1ccc(N(C)C)cc1. The monoisotopic (exact) mass is 266 g/mol. The molecule has 1 rings (SSSR count). The largest absolute Gasteiger partial charge is 0.464 e. The number of hydrogen-bond donors (Lipinski definition) is 1. The summed E-state index contributed by atoms with van der Waals surface area (Å²) in [5.74, 6) is -0.321. The number of hydrogen-bond acceptors (Lipinski definition) is 5. The van der Waals surface area contributed by atoms with Gasteiger partial charge < -0.3 is 19.7 Å². The molecule has 1 aromatic carbocycles. The van der Waals surface area contributed by atoms with Crippen LogP contribution in [0.15, 0.2) is 24.3 Å². The van der Waals surface area contributed by atoms with E-state index < -0.39 is 0 Å². The molecular formula is C14H22N2O3. The van der Waals surface area contributed by atoms with Crippen LogP contribution in [0.25, 0.3) is 0 Å². The van der Waals surface area contributed by atoms with Crippen LogP contribution in [0.2, 0.25) is 0 Å². The van der Waals surface area contributed by atoms with Crippen molar-refractivity contribution < 1.29 is 14.3 Å². The standard InChI is InChI=1S/C14H22N2O3/c1-4-19-14(17)11-18-10-9-15-12-5-7-13(8-6-12)16(2)3/h5-8,15H,4,9-11H2,1-3H3. The quantitative estimate of drug-likeness (QED) is 0.574. The van der Waals surface area contributed by atoms with E-state index >= 15 is 0 Å². The van der Waals surface area contributed by atoms with E-state index in [1.165, 1.54) is 0 Å². The summed E-state index contributed by atoms with van der Waals surface area (Å²) in [7, 11) is 4.01. The first-order valence-electron chi connectivity index (χ1n) is 6.38. The average Bonchev–Trinajstić information content (AvgIpc) is 2.39.